The molecule has 1 fully saturated rings. The topological polar surface area (TPSA) is 43.8 Å². The Hall–Kier alpha value is -1.35. The summed E-state index contributed by atoms with van der Waals surface area (Å²) in [6, 6.07) is 9.00. The Kier molecular flexibility index (Phi) is 3.08. The molecule has 3 atom stereocenters. The van der Waals surface area contributed by atoms with Gasteiger partial charge in [0.1, 0.15) is 0 Å². The van der Waals surface area contributed by atoms with E-state index in [0.717, 1.165) is 12.3 Å². The molecular weight excluding hydrogens is 222 g/mol. The highest BCUT2D eigenvalue weighted by atomic mass is 15.3. The second kappa shape index (κ2) is 4.73. The van der Waals surface area contributed by atoms with Gasteiger partial charge in [-0.2, -0.15) is 5.10 Å². The summed E-state index contributed by atoms with van der Waals surface area (Å²) in [5.41, 5.74) is 7.53. The number of para-hydroxylation sites is 1. The summed E-state index contributed by atoms with van der Waals surface area (Å²) in [6.07, 6.45) is 6.77. The molecule has 18 heavy (non-hydrogen) atoms. The third-order valence-electron chi connectivity index (χ3n) is 4.37. The van der Waals surface area contributed by atoms with Crippen molar-refractivity contribution in [2.75, 3.05) is 0 Å². The molecule has 1 aliphatic carbocycles. The highest BCUT2D eigenvalue weighted by Gasteiger charge is 2.29. The highest BCUT2D eigenvalue weighted by Crippen LogP contribution is 2.34. The predicted molar refractivity (Wildman–Crippen MR) is 74.4 cm³/mol. The first-order valence-electron chi connectivity index (χ1n) is 6.97. The predicted octanol–water partition coefficient (Wildman–Crippen LogP) is 3.11. The molecule has 1 aromatic carbocycles. The Morgan fingerprint density at radius 3 is 3.00 bits per heavy atom. The van der Waals surface area contributed by atoms with Crippen LogP contribution in [-0.4, -0.2) is 15.8 Å². The van der Waals surface area contributed by atoms with E-state index in [1.807, 2.05) is 6.20 Å². The summed E-state index contributed by atoms with van der Waals surface area (Å²) in [5.74, 6) is 0.803. The Morgan fingerprint density at radius 2 is 2.17 bits per heavy atom. The van der Waals surface area contributed by atoms with E-state index in [4.69, 9.17) is 5.73 Å². The molecule has 3 unspecified atom stereocenters. The monoisotopic (exact) mass is 243 g/mol. The molecule has 0 aliphatic heterocycles. The molecule has 0 spiro atoms. The fourth-order valence-electron chi connectivity index (χ4n) is 3.16. The van der Waals surface area contributed by atoms with E-state index >= 15 is 0 Å². The van der Waals surface area contributed by atoms with E-state index < -0.39 is 0 Å². The van der Waals surface area contributed by atoms with Gasteiger partial charge >= 0.3 is 0 Å². The van der Waals surface area contributed by atoms with E-state index in [9.17, 15) is 0 Å². The third kappa shape index (κ3) is 1.93. The lowest BCUT2D eigenvalue weighted by Crippen LogP contribution is -2.38. The van der Waals surface area contributed by atoms with Crippen LogP contribution in [0.2, 0.25) is 0 Å². The van der Waals surface area contributed by atoms with E-state index in [0.29, 0.717) is 6.04 Å². The number of hydrogen-bond donors (Lipinski definition) is 1. The molecule has 3 nitrogen and oxygen atoms in total. The van der Waals surface area contributed by atoms with Gasteiger partial charge in [-0.25, -0.2) is 0 Å². The Morgan fingerprint density at radius 1 is 1.33 bits per heavy atom. The molecule has 0 radical (unpaired) electrons. The maximum atomic E-state index is 6.32. The van der Waals surface area contributed by atoms with Gasteiger partial charge in [0, 0.05) is 11.4 Å². The number of aromatic nitrogens is 2. The quantitative estimate of drug-likeness (QED) is 0.880. The van der Waals surface area contributed by atoms with Crippen LogP contribution in [0.3, 0.4) is 0 Å². The molecule has 2 N–H and O–H groups in total. The molecule has 3 heteroatoms. The highest BCUT2D eigenvalue weighted by molar-refractivity contribution is 5.78. The fourth-order valence-corrected chi connectivity index (χ4v) is 3.16. The van der Waals surface area contributed by atoms with E-state index in [-0.39, 0.29) is 6.04 Å². The van der Waals surface area contributed by atoms with Crippen molar-refractivity contribution in [1.82, 2.24) is 9.78 Å². The molecular formula is C15H21N3. The maximum absolute atomic E-state index is 6.32. The average molecular weight is 243 g/mol. The standard InChI is InChI=1S/C15H21N3/c1-2-11-7-8-13(16)15(9-11)18-14-6-4-3-5-12(14)10-17-18/h3-6,10-11,13,15H,2,7-9,16H2,1H3. The second-order valence-electron chi connectivity index (χ2n) is 5.47. The molecule has 1 saturated carbocycles. The van der Waals surface area contributed by atoms with Crippen molar-refractivity contribution in [3.63, 3.8) is 0 Å². The summed E-state index contributed by atoms with van der Waals surface area (Å²) >= 11 is 0. The van der Waals surface area contributed by atoms with Crippen LogP contribution in [0, 0.1) is 5.92 Å². The van der Waals surface area contributed by atoms with E-state index in [2.05, 4.69) is 41.0 Å². The van der Waals surface area contributed by atoms with Crippen molar-refractivity contribution >= 4 is 10.9 Å². The number of rotatable bonds is 2. The summed E-state index contributed by atoms with van der Waals surface area (Å²) in [7, 11) is 0. The van der Waals surface area contributed by atoms with Crippen LogP contribution >= 0.6 is 0 Å². The largest absolute Gasteiger partial charge is 0.326 e. The SMILES string of the molecule is CCC1CCC(N)C(n2ncc3ccccc32)C1. The normalized spacial score (nSPS) is 28.7. The van der Waals surface area contributed by atoms with Gasteiger partial charge in [0.25, 0.3) is 0 Å². The lowest BCUT2D eigenvalue weighted by Gasteiger charge is -2.34. The smallest absolute Gasteiger partial charge is 0.0686 e. The van der Waals surface area contributed by atoms with Crippen molar-refractivity contribution in [2.24, 2.45) is 11.7 Å². The first kappa shape index (κ1) is 11.7. The molecule has 96 valence electrons. The molecule has 1 aliphatic rings. The number of nitrogens with two attached hydrogens (primary N) is 1. The van der Waals surface area contributed by atoms with Crippen LogP contribution in [0.4, 0.5) is 0 Å². The van der Waals surface area contributed by atoms with Crippen LogP contribution in [0.5, 0.6) is 0 Å². The number of fused-ring (bicyclic) bond motifs is 1. The minimum absolute atomic E-state index is 0.246. The van der Waals surface area contributed by atoms with Crippen LogP contribution in [-0.2, 0) is 0 Å². The first-order chi connectivity index (χ1) is 8.79. The molecule has 0 amide bonds. The molecule has 1 heterocycles. The Labute approximate surface area is 108 Å². The van der Waals surface area contributed by atoms with Gasteiger partial charge in [0.15, 0.2) is 0 Å². The Bertz CT molecular complexity index is 531. The van der Waals surface area contributed by atoms with E-state index in [1.54, 1.807) is 0 Å². The van der Waals surface area contributed by atoms with Gasteiger partial charge in [-0.1, -0.05) is 31.5 Å². The van der Waals surface area contributed by atoms with Crippen molar-refractivity contribution in [1.29, 1.82) is 0 Å². The van der Waals surface area contributed by atoms with Crippen LogP contribution in [0.15, 0.2) is 30.5 Å². The molecule has 3 rings (SSSR count). The zero-order chi connectivity index (χ0) is 12.5. The summed E-state index contributed by atoms with van der Waals surface area (Å²) in [6.45, 7) is 2.28. The molecule has 1 aromatic heterocycles. The van der Waals surface area contributed by atoms with Gasteiger partial charge in [-0.15, -0.1) is 0 Å². The summed E-state index contributed by atoms with van der Waals surface area (Å²) < 4.78 is 2.15. The minimum Gasteiger partial charge on any atom is -0.326 e. The summed E-state index contributed by atoms with van der Waals surface area (Å²) in [4.78, 5) is 0. The second-order valence-corrected chi connectivity index (χ2v) is 5.47. The van der Waals surface area contributed by atoms with Crippen molar-refractivity contribution < 1.29 is 0 Å². The third-order valence-corrected chi connectivity index (χ3v) is 4.37. The summed E-state index contributed by atoms with van der Waals surface area (Å²) in [5, 5.41) is 5.79. The fraction of sp³-hybridized carbons (Fsp3) is 0.533. The average Bonchev–Trinajstić information content (AvgIpc) is 2.83. The zero-order valence-corrected chi connectivity index (χ0v) is 10.9. The van der Waals surface area contributed by atoms with Crippen LogP contribution in [0.25, 0.3) is 10.9 Å². The lowest BCUT2D eigenvalue weighted by atomic mass is 9.81. The van der Waals surface area contributed by atoms with Gasteiger partial charge in [0.05, 0.1) is 17.8 Å². The Balaban J connectivity index is 1.97. The van der Waals surface area contributed by atoms with Crippen LogP contribution in [0.1, 0.15) is 38.6 Å². The number of nitrogens with zero attached hydrogens (tertiary/aromatic N) is 2. The maximum Gasteiger partial charge on any atom is 0.0686 e. The van der Waals surface area contributed by atoms with Crippen molar-refractivity contribution in [2.45, 2.75) is 44.7 Å². The van der Waals surface area contributed by atoms with Gasteiger partial charge in [-0.3, -0.25) is 4.68 Å². The zero-order valence-electron chi connectivity index (χ0n) is 10.9. The molecule has 0 bridgehead atoms. The minimum atomic E-state index is 0.246. The lowest BCUT2D eigenvalue weighted by molar-refractivity contribution is 0.222. The molecule has 0 saturated heterocycles. The first-order valence-corrected chi connectivity index (χ1v) is 6.97. The van der Waals surface area contributed by atoms with E-state index in [1.165, 1.54) is 30.2 Å². The van der Waals surface area contributed by atoms with Crippen molar-refractivity contribution in [3.8, 4) is 0 Å². The van der Waals surface area contributed by atoms with Crippen LogP contribution < -0.4 is 5.73 Å². The van der Waals surface area contributed by atoms with Gasteiger partial charge in [-0.05, 0) is 31.2 Å². The van der Waals surface area contributed by atoms with Gasteiger partial charge in [0.2, 0.25) is 0 Å². The van der Waals surface area contributed by atoms with Crippen molar-refractivity contribution in [3.05, 3.63) is 30.5 Å². The number of hydrogen-bond acceptors (Lipinski definition) is 2. The number of benzene rings is 1. The van der Waals surface area contributed by atoms with Gasteiger partial charge < -0.3 is 5.73 Å². The molecule has 2 aromatic rings.